The highest BCUT2D eigenvalue weighted by Crippen LogP contribution is 2.54. The van der Waals surface area contributed by atoms with Gasteiger partial charge in [0.2, 0.25) is 0 Å². The molecule has 4 aliphatic rings. The largest absolute Gasteiger partial charge is 0.394 e. The van der Waals surface area contributed by atoms with Crippen LogP contribution in [0.15, 0.2) is 36.4 Å². The van der Waals surface area contributed by atoms with Crippen LogP contribution in [0.1, 0.15) is 28.7 Å². The second-order valence-electron chi connectivity index (χ2n) is 12.0. The number of aliphatic hydroxyl groups excluding tert-OH is 10. The normalized spacial score (nSPS) is 39.9. The predicted octanol–water partition coefficient (Wildman–Crippen LogP) is -3.56. The zero-order chi connectivity index (χ0) is 32.9. The third-order valence-electron chi connectivity index (χ3n) is 9.14. The Morgan fingerprint density at radius 1 is 0.609 bits per heavy atom. The Morgan fingerprint density at radius 2 is 1.07 bits per heavy atom. The summed E-state index contributed by atoms with van der Waals surface area (Å²) < 4.78 is 17.3. The van der Waals surface area contributed by atoms with Crippen LogP contribution < -0.4 is 0 Å². The van der Waals surface area contributed by atoms with Crippen LogP contribution in [0.5, 0.6) is 0 Å². The van der Waals surface area contributed by atoms with Crippen LogP contribution in [0.4, 0.5) is 0 Å². The van der Waals surface area contributed by atoms with Crippen molar-refractivity contribution in [3.05, 3.63) is 58.7 Å². The van der Waals surface area contributed by atoms with Gasteiger partial charge in [-0.1, -0.05) is 35.8 Å². The van der Waals surface area contributed by atoms with Crippen LogP contribution >= 0.6 is 0 Å². The van der Waals surface area contributed by atoms with Gasteiger partial charge in [-0.15, -0.1) is 0 Å². The van der Waals surface area contributed by atoms with Gasteiger partial charge >= 0.3 is 0 Å². The Hall–Kier alpha value is -2.96. The minimum Gasteiger partial charge on any atom is -0.394 e. The van der Waals surface area contributed by atoms with Gasteiger partial charge in [0.15, 0.2) is 0 Å². The molecule has 1 spiro atoms. The molecule has 2 aromatic carbocycles. The predicted molar refractivity (Wildman–Crippen MR) is 157 cm³/mol. The summed E-state index contributed by atoms with van der Waals surface area (Å²) in [6, 6.07) is 10.6. The minimum atomic E-state index is -1.57. The fourth-order valence-corrected chi connectivity index (χ4v) is 6.48. The molecule has 46 heavy (non-hydrogen) atoms. The number of hydrogen-bond donors (Lipinski definition) is 10. The lowest BCUT2D eigenvalue weighted by molar-refractivity contribution is -0.214. The second-order valence-corrected chi connectivity index (χ2v) is 12.0. The molecule has 0 unspecified atom stereocenters. The highest BCUT2D eigenvalue weighted by Gasteiger charge is 2.50. The maximum Gasteiger partial charge on any atom is 0.147 e. The average molecular weight is 641 g/mol. The summed E-state index contributed by atoms with van der Waals surface area (Å²) in [4.78, 5) is 0. The maximum atomic E-state index is 10.8. The molecule has 2 aromatic rings. The zero-order valence-electron chi connectivity index (χ0n) is 24.4. The van der Waals surface area contributed by atoms with Crippen LogP contribution in [-0.4, -0.2) is 144 Å². The summed E-state index contributed by atoms with van der Waals surface area (Å²) in [5, 5.41) is 101. The molecule has 0 amide bonds. The van der Waals surface area contributed by atoms with E-state index in [-0.39, 0.29) is 13.0 Å². The first-order chi connectivity index (χ1) is 22.0. The van der Waals surface area contributed by atoms with Crippen molar-refractivity contribution in [1.82, 2.24) is 0 Å². The van der Waals surface area contributed by atoms with Gasteiger partial charge in [0, 0.05) is 17.5 Å². The van der Waals surface area contributed by atoms with Crippen LogP contribution in [0.2, 0.25) is 0 Å². The average Bonchev–Trinajstić information content (AvgIpc) is 3.31. The number of benzene rings is 2. The van der Waals surface area contributed by atoms with Crippen molar-refractivity contribution in [3.8, 4) is 34.8 Å². The molecule has 6 rings (SSSR count). The van der Waals surface area contributed by atoms with Crippen molar-refractivity contribution in [2.45, 2.75) is 85.3 Å². The molecule has 0 radical (unpaired) electrons. The first kappa shape index (κ1) is 33.0. The smallest absolute Gasteiger partial charge is 0.147 e. The molecule has 1 aliphatic carbocycles. The summed E-state index contributed by atoms with van der Waals surface area (Å²) in [6.07, 6.45) is -16.0. The van der Waals surface area contributed by atoms with Gasteiger partial charge in [-0.05, 0) is 46.5 Å². The lowest BCUT2D eigenvalue weighted by Crippen LogP contribution is -2.58. The highest BCUT2D eigenvalue weighted by molar-refractivity contribution is 5.82. The van der Waals surface area contributed by atoms with Gasteiger partial charge < -0.3 is 65.3 Å². The van der Waals surface area contributed by atoms with Crippen LogP contribution in [0, 0.1) is 23.7 Å². The lowest BCUT2D eigenvalue weighted by atomic mass is 9.81. The van der Waals surface area contributed by atoms with E-state index in [9.17, 15) is 51.1 Å². The number of hydrogen-bond acceptors (Lipinski definition) is 13. The monoisotopic (exact) mass is 640 g/mol. The molecule has 13 heteroatoms. The van der Waals surface area contributed by atoms with E-state index in [1.165, 1.54) is 0 Å². The van der Waals surface area contributed by atoms with Crippen molar-refractivity contribution in [1.29, 1.82) is 0 Å². The standard InChI is InChI=1S/C33H36O13/c34-12-25-29(40)31(42)27(38)23(45-25)7-3-15-1-5-17-18-6-2-16(4-8-24-28(39)32(43)30(41)26(13-35)46-24)10-20(18)33(19(17)9-15)11-21(36)22(37)14-44-33/h1-2,5-6,9-10,21-32,34-43H,11-14H2/t21-,22+,23+,24+,25+,26+,27+,28+,29+,30+,31+,32+/m0/s1. The fraction of sp³-hybridized carbons (Fsp3) is 0.515. The first-order valence-corrected chi connectivity index (χ1v) is 14.9. The Kier molecular flexibility index (Phi) is 9.26. The van der Waals surface area contributed by atoms with Crippen LogP contribution in [-0.2, 0) is 19.8 Å². The summed E-state index contributed by atoms with van der Waals surface area (Å²) in [7, 11) is 0. The molecule has 3 fully saturated rings. The Labute approximate surface area is 263 Å². The van der Waals surface area contributed by atoms with Gasteiger partial charge in [0.05, 0.1) is 25.9 Å². The van der Waals surface area contributed by atoms with Gasteiger partial charge in [-0.3, -0.25) is 0 Å². The third-order valence-corrected chi connectivity index (χ3v) is 9.14. The Balaban J connectivity index is 1.34. The summed E-state index contributed by atoms with van der Waals surface area (Å²) in [5.41, 5.74) is 2.65. The van der Waals surface area contributed by atoms with Gasteiger partial charge in [0.25, 0.3) is 0 Å². The fourth-order valence-electron chi connectivity index (χ4n) is 6.48. The zero-order valence-corrected chi connectivity index (χ0v) is 24.4. The minimum absolute atomic E-state index is 0.00134. The summed E-state index contributed by atoms with van der Waals surface area (Å²) in [5.74, 6) is 11.4. The van der Waals surface area contributed by atoms with Crippen molar-refractivity contribution in [2.24, 2.45) is 0 Å². The van der Waals surface area contributed by atoms with E-state index in [2.05, 4.69) is 23.7 Å². The number of fused-ring (bicyclic) bond motifs is 5. The molecule has 13 nitrogen and oxygen atoms in total. The van der Waals surface area contributed by atoms with Gasteiger partial charge in [0.1, 0.15) is 72.7 Å². The summed E-state index contributed by atoms with van der Waals surface area (Å²) in [6.45, 7) is -1.33. The van der Waals surface area contributed by atoms with Crippen molar-refractivity contribution >= 4 is 0 Å². The van der Waals surface area contributed by atoms with E-state index < -0.39 is 92.1 Å². The highest BCUT2D eigenvalue weighted by atomic mass is 16.6. The quantitative estimate of drug-likeness (QED) is 0.144. The molecule has 3 heterocycles. The molecule has 3 saturated heterocycles. The van der Waals surface area contributed by atoms with Crippen LogP contribution in [0.3, 0.4) is 0 Å². The maximum absolute atomic E-state index is 10.8. The van der Waals surface area contributed by atoms with E-state index in [0.717, 1.165) is 11.1 Å². The SMILES string of the molecule is OC[C@H]1O[C@H](C#Cc2ccc3c(c2)C2(C[C@H](O)[C@H](O)CO2)c2cc(C#C[C@H]4O[C@H](CO)[C@@H](O)[C@H](O)[C@@H]4O)ccc2-3)[C@@H](O)[C@@H](O)[C@@H]1O. The number of rotatable bonds is 2. The molecule has 12 atom stereocenters. The molecule has 0 bridgehead atoms. The van der Waals surface area contributed by atoms with E-state index in [1.807, 2.05) is 12.1 Å². The summed E-state index contributed by atoms with van der Waals surface area (Å²) >= 11 is 0. The molecule has 246 valence electrons. The Morgan fingerprint density at radius 3 is 1.48 bits per heavy atom. The molecular formula is C33H36O13. The van der Waals surface area contributed by atoms with Crippen molar-refractivity contribution < 1.29 is 65.3 Å². The van der Waals surface area contributed by atoms with Crippen molar-refractivity contribution in [3.63, 3.8) is 0 Å². The van der Waals surface area contributed by atoms with E-state index in [1.54, 1.807) is 24.3 Å². The molecule has 10 N–H and O–H groups in total. The van der Waals surface area contributed by atoms with Gasteiger partial charge in [-0.25, -0.2) is 0 Å². The topological polar surface area (TPSA) is 230 Å². The molecule has 3 aliphatic heterocycles. The van der Waals surface area contributed by atoms with E-state index in [0.29, 0.717) is 22.3 Å². The molecule has 0 saturated carbocycles. The second kappa shape index (κ2) is 12.9. The van der Waals surface area contributed by atoms with Gasteiger partial charge in [-0.2, -0.15) is 0 Å². The third kappa shape index (κ3) is 5.64. The van der Waals surface area contributed by atoms with E-state index in [4.69, 9.17) is 14.2 Å². The molecular weight excluding hydrogens is 604 g/mol. The number of aliphatic hydroxyl groups is 10. The van der Waals surface area contributed by atoms with E-state index >= 15 is 0 Å². The van der Waals surface area contributed by atoms with Crippen LogP contribution in [0.25, 0.3) is 11.1 Å². The number of ether oxygens (including phenoxy) is 3. The lowest BCUT2D eigenvalue weighted by Gasteiger charge is -2.40. The Bertz CT molecular complexity index is 1470. The van der Waals surface area contributed by atoms with Crippen molar-refractivity contribution in [2.75, 3.05) is 19.8 Å². The first-order valence-electron chi connectivity index (χ1n) is 14.9. The molecule has 0 aromatic heterocycles.